The lowest BCUT2D eigenvalue weighted by molar-refractivity contribution is -0.123. The molecule has 1 N–H and O–H groups in total. The topological polar surface area (TPSA) is 73.2 Å². The molecule has 0 bridgehead atoms. The Kier molecular flexibility index (Phi) is 5.30. The van der Waals surface area contributed by atoms with E-state index in [1.54, 1.807) is 17.0 Å². The smallest absolute Gasteiger partial charge is 0.257 e. The molecule has 6 heteroatoms. The zero-order valence-corrected chi connectivity index (χ0v) is 12.7. The summed E-state index contributed by atoms with van der Waals surface area (Å²) in [5.74, 6) is -0.0912. The van der Waals surface area contributed by atoms with Crippen LogP contribution in [0, 0.1) is 6.92 Å². The maximum atomic E-state index is 11.7. The third-order valence-corrected chi connectivity index (χ3v) is 3.24. The fourth-order valence-corrected chi connectivity index (χ4v) is 1.88. The second-order valence-corrected chi connectivity index (χ2v) is 4.96. The van der Waals surface area contributed by atoms with Gasteiger partial charge in [-0.25, -0.2) is 0 Å². The van der Waals surface area contributed by atoms with Gasteiger partial charge in [0.25, 0.3) is 5.91 Å². The molecule has 2 aromatic heterocycles. The van der Waals surface area contributed by atoms with Crippen LogP contribution >= 0.6 is 0 Å². The number of pyridine rings is 2. The van der Waals surface area contributed by atoms with Crippen molar-refractivity contribution in [1.29, 1.82) is 0 Å². The van der Waals surface area contributed by atoms with Crippen molar-refractivity contribution < 1.29 is 9.53 Å². The molecule has 0 spiro atoms. The number of aromatic nitrogens is 2. The van der Waals surface area contributed by atoms with Gasteiger partial charge in [-0.05, 0) is 19.1 Å². The zero-order chi connectivity index (χ0) is 15.9. The Morgan fingerprint density at radius 2 is 2.23 bits per heavy atom. The second-order valence-electron chi connectivity index (χ2n) is 4.96. The van der Waals surface area contributed by atoms with Gasteiger partial charge in [0.15, 0.2) is 12.4 Å². The van der Waals surface area contributed by atoms with E-state index in [1.165, 1.54) is 6.07 Å². The number of aryl methyl sites for hydroxylation is 2. The van der Waals surface area contributed by atoms with E-state index in [-0.39, 0.29) is 23.7 Å². The molecule has 0 aliphatic rings. The van der Waals surface area contributed by atoms with Crippen molar-refractivity contribution in [3.63, 3.8) is 0 Å². The molecule has 0 fully saturated rings. The highest BCUT2D eigenvalue weighted by Gasteiger charge is 2.07. The zero-order valence-electron chi connectivity index (χ0n) is 12.7. The van der Waals surface area contributed by atoms with Crippen molar-refractivity contribution in [2.75, 3.05) is 13.2 Å². The summed E-state index contributed by atoms with van der Waals surface area (Å²) >= 11 is 0. The fraction of sp³-hybridized carbons (Fsp3) is 0.312. The summed E-state index contributed by atoms with van der Waals surface area (Å²) in [5.41, 5.74) is 1.52. The maximum absolute atomic E-state index is 11.7. The molecule has 0 aliphatic carbocycles. The first kappa shape index (κ1) is 15.8. The minimum absolute atomic E-state index is 0.174. The standard InChI is InChI=1S/C16H19N3O3/c1-12-9-14(20)15(10-19(12)2)22-11-16(21)18-8-6-13-5-3-4-7-17-13/h3-5,7,9-10H,6,8,11H2,1-2H3,(H,18,21). The van der Waals surface area contributed by atoms with Crippen molar-refractivity contribution in [2.24, 2.45) is 7.05 Å². The highest BCUT2D eigenvalue weighted by Crippen LogP contribution is 2.04. The van der Waals surface area contributed by atoms with Gasteiger partial charge in [-0.1, -0.05) is 6.07 Å². The number of carbonyl (C=O) groups excluding carboxylic acids is 1. The summed E-state index contributed by atoms with van der Waals surface area (Å²) in [6.07, 6.45) is 3.95. The second kappa shape index (κ2) is 7.40. The number of ether oxygens (including phenoxy) is 1. The largest absolute Gasteiger partial charge is 0.478 e. The molecule has 0 atom stereocenters. The van der Waals surface area contributed by atoms with E-state index < -0.39 is 0 Å². The minimum Gasteiger partial charge on any atom is -0.478 e. The van der Waals surface area contributed by atoms with Crippen LogP contribution < -0.4 is 15.5 Å². The molecule has 22 heavy (non-hydrogen) atoms. The Hall–Kier alpha value is -2.63. The molecule has 2 rings (SSSR count). The van der Waals surface area contributed by atoms with Gasteiger partial charge >= 0.3 is 0 Å². The Bertz CT molecular complexity index is 696. The molecule has 2 heterocycles. The third kappa shape index (κ3) is 4.44. The monoisotopic (exact) mass is 301 g/mol. The first-order valence-electron chi connectivity index (χ1n) is 7.03. The highest BCUT2D eigenvalue weighted by atomic mass is 16.5. The predicted octanol–water partition coefficient (Wildman–Crippen LogP) is 0.826. The van der Waals surface area contributed by atoms with E-state index in [2.05, 4.69) is 10.3 Å². The Morgan fingerprint density at radius 1 is 1.41 bits per heavy atom. The van der Waals surface area contributed by atoms with E-state index in [0.717, 1.165) is 11.4 Å². The lowest BCUT2D eigenvalue weighted by atomic mass is 10.3. The number of hydrogen-bond donors (Lipinski definition) is 1. The minimum atomic E-state index is -0.265. The SMILES string of the molecule is Cc1cc(=O)c(OCC(=O)NCCc2ccccn2)cn1C. The molecule has 0 aromatic carbocycles. The van der Waals surface area contributed by atoms with Gasteiger partial charge in [0, 0.05) is 49.9 Å². The summed E-state index contributed by atoms with van der Waals surface area (Å²) in [7, 11) is 1.81. The van der Waals surface area contributed by atoms with Crippen LogP contribution in [-0.2, 0) is 18.3 Å². The lowest BCUT2D eigenvalue weighted by Gasteiger charge is -2.09. The van der Waals surface area contributed by atoms with Crippen LogP contribution in [0.3, 0.4) is 0 Å². The summed E-state index contributed by atoms with van der Waals surface area (Å²) in [5, 5.41) is 2.73. The van der Waals surface area contributed by atoms with Crippen LogP contribution in [0.2, 0.25) is 0 Å². The molecule has 0 radical (unpaired) electrons. The van der Waals surface area contributed by atoms with Crippen molar-refractivity contribution in [3.05, 3.63) is 58.3 Å². The van der Waals surface area contributed by atoms with Gasteiger partial charge in [-0.3, -0.25) is 14.6 Å². The van der Waals surface area contributed by atoms with Crippen LogP contribution in [-0.4, -0.2) is 28.6 Å². The van der Waals surface area contributed by atoms with Gasteiger partial charge in [0.2, 0.25) is 5.43 Å². The first-order valence-corrected chi connectivity index (χ1v) is 7.03. The van der Waals surface area contributed by atoms with Crippen LogP contribution in [0.5, 0.6) is 5.75 Å². The van der Waals surface area contributed by atoms with Crippen LogP contribution in [0.25, 0.3) is 0 Å². The lowest BCUT2D eigenvalue weighted by Crippen LogP contribution is -2.31. The van der Waals surface area contributed by atoms with Gasteiger partial charge in [-0.15, -0.1) is 0 Å². The number of rotatable bonds is 6. The average molecular weight is 301 g/mol. The number of nitrogens with zero attached hydrogens (tertiary/aromatic N) is 2. The molecule has 0 aliphatic heterocycles. The van der Waals surface area contributed by atoms with Crippen molar-refractivity contribution in [3.8, 4) is 5.75 Å². The van der Waals surface area contributed by atoms with E-state index >= 15 is 0 Å². The number of hydrogen-bond acceptors (Lipinski definition) is 4. The number of carbonyl (C=O) groups is 1. The van der Waals surface area contributed by atoms with Gasteiger partial charge in [0.05, 0.1) is 0 Å². The first-order chi connectivity index (χ1) is 10.6. The molecule has 116 valence electrons. The van der Waals surface area contributed by atoms with Gasteiger partial charge in [0.1, 0.15) is 0 Å². The quantitative estimate of drug-likeness (QED) is 0.857. The van der Waals surface area contributed by atoms with Gasteiger partial charge in [-0.2, -0.15) is 0 Å². The summed E-state index contributed by atoms with van der Waals surface area (Å²) in [6, 6.07) is 7.13. The summed E-state index contributed by atoms with van der Waals surface area (Å²) < 4.78 is 7.05. The molecular formula is C16H19N3O3. The van der Waals surface area contributed by atoms with E-state index in [0.29, 0.717) is 13.0 Å². The molecule has 6 nitrogen and oxygen atoms in total. The maximum Gasteiger partial charge on any atom is 0.257 e. The Labute approximate surface area is 128 Å². The van der Waals surface area contributed by atoms with Crippen molar-refractivity contribution in [2.45, 2.75) is 13.3 Å². The highest BCUT2D eigenvalue weighted by molar-refractivity contribution is 5.77. The summed E-state index contributed by atoms with van der Waals surface area (Å²) in [4.78, 5) is 27.6. The predicted molar refractivity (Wildman–Crippen MR) is 82.9 cm³/mol. The van der Waals surface area contributed by atoms with Crippen LogP contribution in [0.1, 0.15) is 11.4 Å². The molecule has 0 unspecified atom stereocenters. The Morgan fingerprint density at radius 3 is 2.95 bits per heavy atom. The van der Waals surface area contributed by atoms with Crippen molar-refractivity contribution in [1.82, 2.24) is 14.9 Å². The number of nitrogens with one attached hydrogen (secondary N) is 1. The number of amides is 1. The molecular weight excluding hydrogens is 282 g/mol. The molecule has 0 saturated heterocycles. The summed E-state index contributed by atoms with van der Waals surface area (Å²) in [6.45, 7) is 2.13. The van der Waals surface area contributed by atoms with E-state index in [9.17, 15) is 9.59 Å². The van der Waals surface area contributed by atoms with Gasteiger partial charge < -0.3 is 14.6 Å². The molecule has 2 aromatic rings. The Balaban J connectivity index is 1.78. The van der Waals surface area contributed by atoms with Crippen LogP contribution in [0.4, 0.5) is 0 Å². The van der Waals surface area contributed by atoms with Crippen molar-refractivity contribution >= 4 is 5.91 Å². The normalized spacial score (nSPS) is 10.3. The van der Waals surface area contributed by atoms with E-state index in [1.807, 2.05) is 32.2 Å². The molecule has 1 amide bonds. The average Bonchev–Trinajstić information content (AvgIpc) is 2.50. The van der Waals surface area contributed by atoms with Crippen LogP contribution in [0.15, 0.2) is 41.5 Å². The third-order valence-electron chi connectivity index (χ3n) is 3.24. The molecule has 0 saturated carbocycles. The van der Waals surface area contributed by atoms with E-state index in [4.69, 9.17) is 4.74 Å². The fourth-order valence-electron chi connectivity index (χ4n) is 1.88.